The van der Waals surface area contributed by atoms with Crippen LogP contribution in [0.1, 0.15) is 19.8 Å². The molecule has 0 fully saturated rings. The van der Waals surface area contributed by atoms with Crippen LogP contribution in [0, 0.1) is 0 Å². The number of aryl methyl sites for hydroxylation is 1. The summed E-state index contributed by atoms with van der Waals surface area (Å²) in [5, 5.41) is 18.7. The Hall–Kier alpha value is -1.60. The molecule has 2 amide bonds. The molecule has 7 nitrogen and oxygen atoms in total. The zero-order chi connectivity index (χ0) is 14.1. The van der Waals surface area contributed by atoms with Gasteiger partial charge in [-0.1, -0.05) is 6.92 Å². The monoisotopic (exact) mass is 270 g/mol. The molecule has 1 unspecified atom stereocenters. The highest BCUT2D eigenvalue weighted by Gasteiger charge is 2.12. The van der Waals surface area contributed by atoms with Crippen LogP contribution < -0.4 is 10.6 Å². The number of rotatable bonds is 8. The van der Waals surface area contributed by atoms with Crippen LogP contribution >= 0.6 is 0 Å². The second kappa shape index (κ2) is 8.49. The van der Waals surface area contributed by atoms with Gasteiger partial charge in [-0.3, -0.25) is 5.32 Å². The SMILES string of the molecule is CCCn1nccc1NC(=O)NC(CO)CCOC. The van der Waals surface area contributed by atoms with Gasteiger partial charge in [0.15, 0.2) is 0 Å². The average Bonchev–Trinajstić information content (AvgIpc) is 2.82. The molecule has 0 saturated heterocycles. The Morgan fingerprint density at radius 1 is 1.63 bits per heavy atom. The van der Waals surface area contributed by atoms with Crippen molar-refractivity contribution in [2.24, 2.45) is 0 Å². The molecule has 0 spiro atoms. The van der Waals surface area contributed by atoms with Crippen molar-refractivity contribution in [3.8, 4) is 0 Å². The first kappa shape index (κ1) is 15.5. The van der Waals surface area contributed by atoms with E-state index < -0.39 is 0 Å². The van der Waals surface area contributed by atoms with Gasteiger partial charge < -0.3 is 15.2 Å². The lowest BCUT2D eigenvalue weighted by molar-refractivity contribution is 0.161. The fourth-order valence-corrected chi connectivity index (χ4v) is 1.64. The van der Waals surface area contributed by atoms with Gasteiger partial charge in [-0.15, -0.1) is 0 Å². The Balaban J connectivity index is 2.47. The number of hydrogen-bond acceptors (Lipinski definition) is 4. The molecule has 1 rings (SSSR count). The van der Waals surface area contributed by atoms with E-state index >= 15 is 0 Å². The van der Waals surface area contributed by atoms with E-state index in [1.165, 1.54) is 0 Å². The van der Waals surface area contributed by atoms with Crippen molar-refractivity contribution in [2.45, 2.75) is 32.4 Å². The Morgan fingerprint density at radius 2 is 2.42 bits per heavy atom. The summed E-state index contributed by atoms with van der Waals surface area (Å²) in [6, 6.07) is 1.06. The van der Waals surface area contributed by atoms with E-state index in [0.717, 1.165) is 13.0 Å². The maximum atomic E-state index is 11.8. The number of amides is 2. The van der Waals surface area contributed by atoms with Gasteiger partial charge >= 0.3 is 6.03 Å². The second-order valence-electron chi connectivity index (χ2n) is 4.20. The summed E-state index contributed by atoms with van der Waals surface area (Å²) in [4.78, 5) is 11.8. The quantitative estimate of drug-likeness (QED) is 0.652. The number of ether oxygens (including phenoxy) is 1. The maximum Gasteiger partial charge on any atom is 0.320 e. The van der Waals surface area contributed by atoms with Crippen LogP contribution in [-0.4, -0.2) is 47.3 Å². The van der Waals surface area contributed by atoms with Gasteiger partial charge in [0.1, 0.15) is 5.82 Å². The minimum atomic E-state index is -0.354. The van der Waals surface area contributed by atoms with Crippen LogP contribution in [0.2, 0.25) is 0 Å². The van der Waals surface area contributed by atoms with Crippen molar-refractivity contribution in [1.82, 2.24) is 15.1 Å². The molecular weight excluding hydrogens is 248 g/mol. The van der Waals surface area contributed by atoms with Crippen molar-refractivity contribution >= 4 is 11.8 Å². The largest absolute Gasteiger partial charge is 0.394 e. The summed E-state index contributed by atoms with van der Waals surface area (Å²) in [5.74, 6) is 0.641. The highest BCUT2D eigenvalue weighted by Crippen LogP contribution is 2.06. The summed E-state index contributed by atoms with van der Waals surface area (Å²) in [7, 11) is 1.58. The minimum Gasteiger partial charge on any atom is -0.394 e. The van der Waals surface area contributed by atoms with Gasteiger partial charge in [0, 0.05) is 26.3 Å². The fourth-order valence-electron chi connectivity index (χ4n) is 1.64. The average molecular weight is 270 g/mol. The van der Waals surface area contributed by atoms with E-state index in [4.69, 9.17) is 9.84 Å². The summed E-state index contributed by atoms with van der Waals surface area (Å²) < 4.78 is 6.64. The molecule has 19 heavy (non-hydrogen) atoms. The van der Waals surface area contributed by atoms with Gasteiger partial charge in [0.25, 0.3) is 0 Å². The second-order valence-corrected chi connectivity index (χ2v) is 4.20. The number of anilines is 1. The van der Waals surface area contributed by atoms with Crippen molar-refractivity contribution in [3.05, 3.63) is 12.3 Å². The molecule has 108 valence electrons. The molecule has 0 aliphatic rings. The third kappa shape index (κ3) is 5.27. The smallest absolute Gasteiger partial charge is 0.320 e. The molecule has 0 saturated carbocycles. The number of nitrogens with one attached hydrogen (secondary N) is 2. The normalized spacial score (nSPS) is 12.2. The first-order chi connectivity index (χ1) is 9.21. The van der Waals surface area contributed by atoms with E-state index in [-0.39, 0.29) is 18.7 Å². The van der Waals surface area contributed by atoms with Crippen LogP contribution in [0.15, 0.2) is 12.3 Å². The number of hydrogen-bond donors (Lipinski definition) is 3. The minimum absolute atomic E-state index is 0.120. The van der Waals surface area contributed by atoms with Crippen molar-refractivity contribution < 1.29 is 14.6 Å². The summed E-state index contributed by atoms with van der Waals surface area (Å²) >= 11 is 0. The number of urea groups is 1. The van der Waals surface area contributed by atoms with Gasteiger partial charge in [0.2, 0.25) is 0 Å². The van der Waals surface area contributed by atoms with Gasteiger partial charge in [-0.2, -0.15) is 5.10 Å². The molecule has 7 heteroatoms. The van der Waals surface area contributed by atoms with Gasteiger partial charge in [-0.25, -0.2) is 9.48 Å². The molecule has 1 atom stereocenters. The van der Waals surface area contributed by atoms with Crippen LogP contribution in [0.4, 0.5) is 10.6 Å². The van der Waals surface area contributed by atoms with Crippen LogP contribution in [0.5, 0.6) is 0 Å². The number of methoxy groups -OCH3 is 1. The maximum absolute atomic E-state index is 11.8. The van der Waals surface area contributed by atoms with E-state index in [0.29, 0.717) is 18.8 Å². The Labute approximate surface area is 112 Å². The fraction of sp³-hybridized carbons (Fsp3) is 0.667. The van der Waals surface area contributed by atoms with Crippen molar-refractivity contribution in [2.75, 3.05) is 25.6 Å². The lowest BCUT2D eigenvalue weighted by atomic mass is 10.2. The molecule has 1 aromatic rings. The zero-order valence-electron chi connectivity index (χ0n) is 11.4. The predicted molar refractivity (Wildman–Crippen MR) is 72.0 cm³/mol. The first-order valence-electron chi connectivity index (χ1n) is 6.40. The van der Waals surface area contributed by atoms with Gasteiger partial charge in [0.05, 0.1) is 18.8 Å². The first-order valence-corrected chi connectivity index (χ1v) is 6.40. The van der Waals surface area contributed by atoms with Crippen LogP contribution in [-0.2, 0) is 11.3 Å². The molecule has 1 heterocycles. The molecule has 0 aliphatic heterocycles. The number of carbonyl (C=O) groups is 1. The zero-order valence-corrected chi connectivity index (χ0v) is 11.4. The Morgan fingerprint density at radius 3 is 3.05 bits per heavy atom. The number of nitrogens with zero attached hydrogens (tertiary/aromatic N) is 2. The summed E-state index contributed by atoms with van der Waals surface area (Å²) in [6.45, 7) is 3.15. The molecule has 3 N–H and O–H groups in total. The predicted octanol–water partition coefficient (Wildman–Crippen LogP) is 0.812. The van der Waals surface area contributed by atoms with Crippen molar-refractivity contribution in [3.63, 3.8) is 0 Å². The number of carbonyl (C=O) groups excluding carboxylic acids is 1. The van der Waals surface area contributed by atoms with E-state index in [1.54, 1.807) is 24.1 Å². The van der Waals surface area contributed by atoms with Crippen LogP contribution in [0.3, 0.4) is 0 Å². The molecule has 0 aromatic carbocycles. The standard InChI is InChI=1S/C12H22N4O3/c1-3-7-16-11(4-6-13-16)15-12(18)14-10(9-17)5-8-19-2/h4,6,10,17H,3,5,7-9H2,1-2H3,(H2,14,15,18). The number of aromatic nitrogens is 2. The molecule has 1 aromatic heterocycles. The molecule has 0 bridgehead atoms. The molecule has 0 aliphatic carbocycles. The lowest BCUT2D eigenvalue weighted by Crippen LogP contribution is -2.41. The Kier molecular flexibility index (Phi) is 6.91. The third-order valence-electron chi connectivity index (χ3n) is 2.62. The topological polar surface area (TPSA) is 88.4 Å². The summed E-state index contributed by atoms with van der Waals surface area (Å²) in [5.41, 5.74) is 0. The van der Waals surface area contributed by atoms with Gasteiger partial charge in [-0.05, 0) is 12.8 Å². The highest BCUT2D eigenvalue weighted by atomic mass is 16.5. The molecule has 0 radical (unpaired) electrons. The third-order valence-corrected chi connectivity index (χ3v) is 2.62. The summed E-state index contributed by atoms with van der Waals surface area (Å²) in [6.07, 6.45) is 3.14. The Bertz CT molecular complexity index is 381. The highest BCUT2D eigenvalue weighted by molar-refractivity contribution is 5.88. The lowest BCUT2D eigenvalue weighted by Gasteiger charge is -2.16. The van der Waals surface area contributed by atoms with E-state index in [2.05, 4.69) is 15.7 Å². The van der Waals surface area contributed by atoms with E-state index in [1.807, 2.05) is 6.92 Å². The number of aliphatic hydroxyl groups is 1. The van der Waals surface area contributed by atoms with Crippen molar-refractivity contribution in [1.29, 1.82) is 0 Å². The molecular formula is C12H22N4O3. The van der Waals surface area contributed by atoms with E-state index in [9.17, 15) is 4.79 Å². The number of aliphatic hydroxyl groups excluding tert-OH is 1. The van der Waals surface area contributed by atoms with Crippen LogP contribution in [0.25, 0.3) is 0 Å².